The lowest BCUT2D eigenvalue weighted by molar-refractivity contribution is -0.131. The first-order valence-corrected chi connectivity index (χ1v) is 6.60. The van der Waals surface area contributed by atoms with Gasteiger partial charge in [-0.3, -0.25) is 4.79 Å². The summed E-state index contributed by atoms with van der Waals surface area (Å²) in [6, 6.07) is 6.39. The number of amides is 1. The zero-order valence-electron chi connectivity index (χ0n) is 11.5. The van der Waals surface area contributed by atoms with E-state index in [0.717, 1.165) is 24.5 Å². The molecule has 0 unspecified atom stereocenters. The summed E-state index contributed by atoms with van der Waals surface area (Å²) in [6.07, 6.45) is 5.15. The lowest BCUT2D eigenvalue weighted by atomic mass is 10.1. The number of carbonyl (C=O) groups excluding carboxylic acids is 1. The SMILES string of the molecule is CCCC[C@H](N)C(=O)Nc1ccc(/C=C/C(=O)O)cc1. The minimum absolute atomic E-state index is 0.202. The molecule has 5 heteroatoms. The highest BCUT2D eigenvalue weighted by molar-refractivity contribution is 5.94. The Balaban J connectivity index is 2.56. The summed E-state index contributed by atoms with van der Waals surface area (Å²) in [7, 11) is 0. The van der Waals surface area contributed by atoms with Gasteiger partial charge in [0.1, 0.15) is 0 Å². The van der Waals surface area contributed by atoms with Gasteiger partial charge in [0.15, 0.2) is 0 Å². The van der Waals surface area contributed by atoms with Gasteiger partial charge in [-0.15, -0.1) is 0 Å². The Kier molecular flexibility index (Phi) is 6.46. The number of hydrogen-bond donors (Lipinski definition) is 3. The minimum Gasteiger partial charge on any atom is -0.478 e. The van der Waals surface area contributed by atoms with Crippen LogP contribution in [0, 0.1) is 0 Å². The van der Waals surface area contributed by atoms with Gasteiger partial charge in [-0.2, -0.15) is 0 Å². The summed E-state index contributed by atoms with van der Waals surface area (Å²) in [5.41, 5.74) is 7.17. The number of hydrogen-bond acceptors (Lipinski definition) is 3. The second kappa shape index (κ2) is 8.12. The van der Waals surface area contributed by atoms with E-state index in [-0.39, 0.29) is 5.91 Å². The summed E-state index contributed by atoms with van der Waals surface area (Å²) in [5.74, 6) is -1.20. The Labute approximate surface area is 118 Å². The molecule has 0 aliphatic rings. The zero-order valence-corrected chi connectivity index (χ0v) is 11.5. The molecule has 0 aliphatic heterocycles. The van der Waals surface area contributed by atoms with Crippen LogP contribution >= 0.6 is 0 Å². The van der Waals surface area contributed by atoms with Crippen molar-refractivity contribution in [2.75, 3.05) is 5.32 Å². The molecule has 4 N–H and O–H groups in total. The third-order valence-corrected chi connectivity index (χ3v) is 2.80. The second-order valence-electron chi connectivity index (χ2n) is 4.53. The summed E-state index contributed by atoms with van der Waals surface area (Å²) in [5, 5.41) is 11.3. The van der Waals surface area contributed by atoms with E-state index < -0.39 is 12.0 Å². The quantitative estimate of drug-likeness (QED) is 0.666. The molecule has 1 rings (SSSR count). The van der Waals surface area contributed by atoms with E-state index in [1.165, 1.54) is 6.08 Å². The standard InChI is InChI=1S/C15H20N2O3/c1-2-3-4-13(16)15(20)17-12-8-5-11(6-9-12)7-10-14(18)19/h5-10,13H,2-4,16H2,1H3,(H,17,20)(H,18,19)/b10-7+/t13-/m0/s1. The third kappa shape index (κ3) is 5.67. The molecule has 0 fully saturated rings. The smallest absolute Gasteiger partial charge is 0.328 e. The van der Waals surface area contributed by atoms with Crippen LogP contribution in [-0.4, -0.2) is 23.0 Å². The fourth-order valence-corrected chi connectivity index (χ4v) is 1.64. The Hall–Kier alpha value is -2.14. The van der Waals surface area contributed by atoms with Crippen LogP contribution in [-0.2, 0) is 9.59 Å². The molecule has 5 nitrogen and oxygen atoms in total. The number of anilines is 1. The molecule has 0 saturated carbocycles. The van der Waals surface area contributed by atoms with Crippen molar-refractivity contribution in [3.05, 3.63) is 35.9 Å². The average Bonchev–Trinajstić information content (AvgIpc) is 2.43. The van der Waals surface area contributed by atoms with E-state index >= 15 is 0 Å². The van der Waals surface area contributed by atoms with Crippen LogP contribution in [0.3, 0.4) is 0 Å². The summed E-state index contributed by atoms with van der Waals surface area (Å²) >= 11 is 0. The zero-order chi connectivity index (χ0) is 15.0. The molecule has 108 valence electrons. The molecule has 1 aromatic rings. The van der Waals surface area contributed by atoms with E-state index in [2.05, 4.69) is 5.32 Å². The molecule has 0 aliphatic carbocycles. The number of carboxylic acids is 1. The minimum atomic E-state index is -0.996. The molecule has 1 atom stereocenters. The van der Waals surface area contributed by atoms with Gasteiger partial charge in [0.25, 0.3) is 0 Å². The number of unbranched alkanes of at least 4 members (excludes halogenated alkanes) is 1. The van der Waals surface area contributed by atoms with Crippen molar-refractivity contribution in [2.45, 2.75) is 32.2 Å². The van der Waals surface area contributed by atoms with E-state index in [9.17, 15) is 9.59 Å². The first kappa shape index (κ1) is 15.9. The third-order valence-electron chi connectivity index (χ3n) is 2.80. The molecule has 0 heterocycles. The predicted molar refractivity (Wildman–Crippen MR) is 79.2 cm³/mol. The van der Waals surface area contributed by atoms with E-state index in [1.54, 1.807) is 24.3 Å². The van der Waals surface area contributed by atoms with Crippen molar-refractivity contribution < 1.29 is 14.7 Å². The first-order valence-electron chi connectivity index (χ1n) is 6.60. The molecule has 20 heavy (non-hydrogen) atoms. The normalized spacial score (nSPS) is 12.3. The summed E-state index contributed by atoms with van der Waals surface area (Å²) < 4.78 is 0. The van der Waals surface area contributed by atoms with Gasteiger partial charge in [-0.05, 0) is 30.2 Å². The number of benzene rings is 1. The van der Waals surface area contributed by atoms with Crippen molar-refractivity contribution in [1.29, 1.82) is 0 Å². The van der Waals surface area contributed by atoms with Gasteiger partial charge in [0, 0.05) is 11.8 Å². The van der Waals surface area contributed by atoms with Gasteiger partial charge in [0.2, 0.25) is 5.91 Å². The molecule has 0 bridgehead atoms. The number of rotatable bonds is 7. The van der Waals surface area contributed by atoms with Crippen LogP contribution in [0.2, 0.25) is 0 Å². The monoisotopic (exact) mass is 276 g/mol. The van der Waals surface area contributed by atoms with Crippen molar-refractivity contribution >= 4 is 23.6 Å². The molecule has 0 radical (unpaired) electrons. The van der Waals surface area contributed by atoms with Crippen LogP contribution in [0.4, 0.5) is 5.69 Å². The average molecular weight is 276 g/mol. The maximum atomic E-state index is 11.8. The molecule has 0 aromatic heterocycles. The number of nitrogens with one attached hydrogen (secondary N) is 1. The maximum Gasteiger partial charge on any atom is 0.328 e. The Morgan fingerprint density at radius 3 is 2.55 bits per heavy atom. The van der Waals surface area contributed by atoms with Crippen molar-refractivity contribution in [1.82, 2.24) is 0 Å². The fourth-order valence-electron chi connectivity index (χ4n) is 1.64. The number of carboxylic acid groups (broad SMARTS) is 1. The molecule has 1 aromatic carbocycles. The molecular formula is C15H20N2O3. The van der Waals surface area contributed by atoms with Crippen molar-refractivity contribution in [3.8, 4) is 0 Å². The van der Waals surface area contributed by atoms with E-state index in [4.69, 9.17) is 10.8 Å². The molecular weight excluding hydrogens is 256 g/mol. The van der Waals surface area contributed by atoms with Crippen LogP contribution < -0.4 is 11.1 Å². The van der Waals surface area contributed by atoms with E-state index in [0.29, 0.717) is 12.1 Å². The predicted octanol–water partition coefficient (Wildman–Crippen LogP) is 2.24. The lowest BCUT2D eigenvalue weighted by Gasteiger charge is -2.11. The van der Waals surface area contributed by atoms with Crippen molar-refractivity contribution in [2.24, 2.45) is 5.73 Å². The Morgan fingerprint density at radius 1 is 1.35 bits per heavy atom. The number of aliphatic carboxylic acids is 1. The maximum absolute atomic E-state index is 11.8. The van der Waals surface area contributed by atoms with Crippen LogP contribution in [0.15, 0.2) is 30.3 Å². The highest BCUT2D eigenvalue weighted by Crippen LogP contribution is 2.11. The lowest BCUT2D eigenvalue weighted by Crippen LogP contribution is -2.35. The van der Waals surface area contributed by atoms with Crippen molar-refractivity contribution in [3.63, 3.8) is 0 Å². The van der Waals surface area contributed by atoms with Gasteiger partial charge in [0.05, 0.1) is 6.04 Å². The molecule has 1 amide bonds. The van der Waals surface area contributed by atoms with Gasteiger partial charge in [-0.1, -0.05) is 31.9 Å². The second-order valence-corrected chi connectivity index (χ2v) is 4.53. The number of nitrogens with two attached hydrogens (primary N) is 1. The Bertz CT molecular complexity index is 480. The Morgan fingerprint density at radius 2 is 2.00 bits per heavy atom. The van der Waals surface area contributed by atoms with Crippen LogP contribution in [0.25, 0.3) is 6.08 Å². The highest BCUT2D eigenvalue weighted by atomic mass is 16.4. The summed E-state index contributed by atoms with van der Waals surface area (Å²) in [4.78, 5) is 22.2. The largest absolute Gasteiger partial charge is 0.478 e. The van der Waals surface area contributed by atoms with E-state index in [1.807, 2.05) is 6.92 Å². The highest BCUT2D eigenvalue weighted by Gasteiger charge is 2.12. The van der Waals surface area contributed by atoms with Gasteiger partial charge < -0.3 is 16.2 Å². The topological polar surface area (TPSA) is 92.4 Å². The van der Waals surface area contributed by atoms with Crippen LogP contribution in [0.5, 0.6) is 0 Å². The van der Waals surface area contributed by atoms with Gasteiger partial charge in [-0.25, -0.2) is 4.79 Å². The number of carbonyl (C=O) groups is 2. The molecule has 0 saturated heterocycles. The van der Waals surface area contributed by atoms with Gasteiger partial charge >= 0.3 is 5.97 Å². The summed E-state index contributed by atoms with van der Waals surface area (Å²) in [6.45, 7) is 2.05. The fraction of sp³-hybridized carbons (Fsp3) is 0.333. The van der Waals surface area contributed by atoms with Crippen LogP contribution in [0.1, 0.15) is 31.7 Å². The molecule has 0 spiro atoms. The first-order chi connectivity index (χ1) is 9.52.